The smallest absolute Gasteiger partial charge is 0.204 e. The summed E-state index contributed by atoms with van der Waals surface area (Å²) in [5.74, 6) is -0.0919. The van der Waals surface area contributed by atoms with Crippen LogP contribution in [-0.2, 0) is 5.33 Å². The van der Waals surface area contributed by atoms with Gasteiger partial charge in [-0.1, -0.05) is 15.9 Å². The van der Waals surface area contributed by atoms with Crippen molar-refractivity contribution in [2.24, 2.45) is 0 Å². The zero-order valence-electron chi connectivity index (χ0n) is 7.05. The molecule has 0 bridgehead atoms. The van der Waals surface area contributed by atoms with Gasteiger partial charge < -0.3 is 4.42 Å². The molecule has 0 amide bonds. The first kappa shape index (κ1) is 9.22. The van der Waals surface area contributed by atoms with E-state index in [0.717, 1.165) is 0 Å². The van der Waals surface area contributed by atoms with E-state index in [1.165, 1.54) is 12.1 Å². The Labute approximate surface area is 88.1 Å². The molecule has 1 heterocycles. The van der Waals surface area contributed by atoms with Crippen LogP contribution in [0.15, 0.2) is 22.6 Å². The standard InChI is InChI=1S/C10H5BrFNO/c11-4-7-3-10-6(2-9(7)12)1-8(5-13)14-10/h1-3H,4H2. The Morgan fingerprint density at radius 2 is 2.21 bits per heavy atom. The number of fused-ring (bicyclic) bond motifs is 1. The molecule has 0 saturated heterocycles. The first-order chi connectivity index (χ1) is 6.74. The van der Waals surface area contributed by atoms with Gasteiger partial charge in [-0.05, 0) is 12.1 Å². The summed E-state index contributed by atoms with van der Waals surface area (Å²) in [4.78, 5) is 0. The SMILES string of the molecule is N#Cc1cc2cc(F)c(CBr)cc2o1. The van der Waals surface area contributed by atoms with Gasteiger partial charge in [-0.2, -0.15) is 5.26 Å². The molecule has 2 rings (SSSR count). The zero-order valence-corrected chi connectivity index (χ0v) is 8.64. The van der Waals surface area contributed by atoms with Gasteiger partial charge in [0.05, 0.1) is 0 Å². The zero-order chi connectivity index (χ0) is 10.1. The van der Waals surface area contributed by atoms with Crippen LogP contribution in [0.1, 0.15) is 11.3 Å². The third-order valence-corrected chi connectivity index (χ3v) is 2.54. The summed E-state index contributed by atoms with van der Waals surface area (Å²) in [7, 11) is 0. The van der Waals surface area contributed by atoms with Crippen LogP contribution in [0, 0.1) is 17.1 Å². The highest BCUT2D eigenvalue weighted by Gasteiger charge is 2.08. The van der Waals surface area contributed by atoms with Crippen molar-refractivity contribution in [2.75, 3.05) is 0 Å². The number of furan rings is 1. The average molecular weight is 254 g/mol. The summed E-state index contributed by atoms with van der Waals surface area (Å²) in [6.45, 7) is 0. The average Bonchev–Trinajstić information content (AvgIpc) is 2.58. The van der Waals surface area contributed by atoms with E-state index in [1.54, 1.807) is 6.07 Å². The second kappa shape index (κ2) is 3.43. The molecule has 2 aromatic rings. The summed E-state index contributed by atoms with van der Waals surface area (Å²) in [6.07, 6.45) is 0. The van der Waals surface area contributed by atoms with Crippen LogP contribution < -0.4 is 0 Å². The Morgan fingerprint density at radius 3 is 2.86 bits per heavy atom. The van der Waals surface area contributed by atoms with Gasteiger partial charge in [0.15, 0.2) is 0 Å². The van der Waals surface area contributed by atoms with Crippen molar-refractivity contribution >= 4 is 26.9 Å². The largest absolute Gasteiger partial charge is 0.446 e. The first-order valence-corrected chi connectivity index (χ1v) is 5.05. The number of hydrogen-bond donors (Lipinski definition) is 0. The van der Waals surface area contributed by atoms with Gasteiger partial charge >= 0.3 is 0 Å². The molecule has 2 nitrogen and oxygen atoms in total. The molecule has 0 saturated carbocycles. The van der Waals surface area contributed by atoms with Crippen molar-refractivity contribution in [3.63, 3.8) is 0 Å². The van der Waals surface area contributed by atoms with Crippen molar-refractivity contribution in [2.45, 2.75) is 5.33 Å². The maximum atomic E-state index is 13.3. The normalized spacial score (nSPS) is 10.4. The molecule has 0 radical (unpaired) electrons. The van der Waals surface area contributed by atoms with Crippen LogP contribution in [-0.4, -0.2) is 0 Å². The van der Waals surface area contributed by atoms with E-state index in [9.17, 15) is 4.39 Å². The monoisotopic (exact) mass is 253 g/mol. The molecule has 0 unspecified atom stereocenters. The Morgan fingerprint density at radius 1 is 1.43 bits per heavy atom. The number of rotatable bonds is 1. The van der Waals surface area contributed by atoms with Gasteiger partial charge in [0.2, 0.25) is 5.76 Å². The van der Waals surface area contributed by atoms with Crippen LogP contribution in [0.5, 0.6) is 0 Å². The second-order valence-electron chi connectivity index (χ2n) is 2.84. The van der Waals surface area contributed by atoms with Gasteiger partial charge in [-0.25, -0.2) is 4.39 Å². The number of hydrogen-bond acceptors (Lipinski definition) is 2. The van der Waals surface area contributed by atoms with Gasteiger partial charge in [-0.15, -0.1) is 0 Å². The fraction of sp³-hybridized carbons (Fsp3) is 0.100. The van der Waals surface area contributed by atoms with Gasteiger partial charge in [0.25, 0.3) is 0 Å². The fourth-order valence-corrected chi connectivity index (χ4v) is 1.69. The minimum absolute atomic E-state index is 0.200. The van der Waals surface area contributed by atoms with E-state index >= 15 is 0 Å². The lowest BCUT2D eigenvalue weighted by molar-refractivity contribution is 0.593. The molecule has 0 spiro atoms. The van der Waals surface area contributed by atoms with E-state index in [2.05, 4.69) is 15.9 Å². The fourth-order valence-electron chi connectivity index (χ4n) is 1.26. The molecule has 0 fully saturated rings. The van der Waals surface area contributed by atoms with Crippen molar-refractivity contribution < 1.29 is 8.81 Å². The molecule has 0 aliphatic carbocycles. The van der Waals surface area contributed by atoms with E-state index in [1.807, 2.05) is 6.07 Å². The molecular weight excluding hydrogens is 249 g/mol. The maximum absolute atomic E-state index is 13.3. The van der Waals surface area contributed by atoms with Crippen molar-refractivity contribution in [1.29, 1.82) is 5.26 Å². The predicted molar refractivity (Wildman–Crippen MR) is 53.5 cm³/mol. The van der Waals surface area contributed by atoms with Crippen molar-refractivity contribution in [3.05, 3.63) is 35.3 Å². The number of benzene rings is 1. The molecule has 1 aromatic heterocycles. The minimum Gasteiger partial charge on any atom is -0.446 e. The molecule has 0 atom stereocenters. The third-order valence-electron chi connectivity index (χ3n) is 1.94. The Kier molecular flexibility index (Phi) is 2.26. The molecule has 0 aliphatic rings. The maximum Gasteiger partial charge on any atom is 0.204 e. The molecule has 70 valence electrons. The van der Waals surface area contributed by atoms with Gasteiger partial charge in [0.1, 0.15) is 17.5 Å². The Hall–Kier alpha value is -1.34. The van der Waals surface area contributed by atoms with Crippen LogP contribution in [0.4, 0.5) is 4.39 Å². The summed E-state index contributed by atoms with van der Waals surface area (Å²) >= 11 is 3.17. The number of nitrogens with zero attached hydrogens (tertiary/aromatic N) is 1. The first-order valence-electron chi connectivity index (χ1n) is 3.92. The summed E-state index contributed by atoms with van der Waals surface area (Å²) in [5, 5.41) is 9.63. The lowest BCUT2D eigenvalue weighted by Gasteiger charge is -1.96. The quantitative estimate of drug-likeness (QED) is 0.732. The summed E-state index contributed by atoms with van der Waals surface area (Å²) in [5.41, 5.74) is 1.06. The van der Waals surface area contributed by atoms with E-state index in [4.69, 9.17) is 9.68 Å². The predicted octanol–water partition coefficient (Wildman–Crippen LogP) is 3.34. The topological polar surface area (TPSA) is 36.9 Å². The van der Waals surface area contributed by atoms with E-state index in [0.29, 0.717) is 21.9 Å². The Balaban J connectivity index is 2.71. The van der Waals surface area contributed by atoms with Crippen LogP contribution in [0.2, 0.25) is 0 Å². The molecular formula is C10H5BrFNO. The highest BCUT2D eigenvalue weighted by molar-refractivity contribution is 9.08. The van der Waals surface area contributed by atoms with Crippen molar-refractivity contribution in [1.82, 2.24) is 0 Å². The lowest BCUT2D eigenvalue weighted by Crippen LogP contribution is -1.83. The highest BCUT2D eigenvalue weighted by atomic mass is 79.9. The molecule has 4 heteroatoms. The second-order valence-corrected chi connectivity index (χ2v) is 3.40. The number of alkyl halides is 1. The molecule has 1 aromatic carbocycles. The summed E-state index contributed by atoms with van der Waals surface area (Å²) < 4.78 is 18.4. The number of nitriles is 1. The molecule has 0 aliphatic heterocycles. The van der Waals surface area contributed by atoms with E-state index in [-0.39, 0.29) is 11.6 Å². The van der Waals surface area contributed by atoms with Crippen LogP contribution >= 0.6 is 15.9 Å². The molecule has 0 N–H and O–H groups in total. The van der Waals surface area contributed by atoms with E-state index < -0.39 is 0 Å². The van der Waals surface area contributed by atoms with Gasteiger partial charge in [-0.3, -0.25) is 0 Å². The highest BCUT2D eigenvalue weighted by Crippen LogP contribution is 2.23. The van der Waals surface area contributed by atoms with Crippen LogP contribution in [0.25, 0.3) is 11.0 Å². The van der Waals surface area contributed by atoms with Crippen molar-refractivity contribution in [3.8, 4) is 6.07 Å². The van der Waals surface area contributed by atoms with Crippen LogP contribution in [0.3, 0.4) is 0 Å². The number of halogens is 2. The summed E-state index contributed by atoms with van der Waals surface area (Å²) in [6, 6.07) is 6.37. The van der Waals surface area contributed by atoms with Gasteiger partial charge in [0, 0.05) is 22.3 Å². The third kappa shape index (κ3) is 1.40. The lowest BCUT2D eigenvalue weighted by atomic mass is 10.2. The Bertz CT molecular complexity index is 527. The molecule has 14 heavy (non-hydrogen) atoms. The minimum atomic E-state index is -0.292.